The molecule has 0 aromatic heterocycles. The van der Waals surface area contributed by atoms with Crippen molar-refractivity contribution in [1.29, 1.82) is 0 Å². The van der Waals surface area contributed by atoms with Gasteiger partial charge in [-0.1, -0.05) is 0 Å². The molecule has 2 unspecified atom stereocenters. The van der Waals surface area contributed by atoms with E-state index in [2.05, 4.69) is 35.6 Å². The maximum atomic E-state index is 2.81. The fourth-order valence-corrected chi connectivity index (χ4v) is 4.27. The van der Waals surface area contributed by atoms with Crippen molar-refractivity contribution in [3.05, 3.63) is 0 Å². The van der Waals surface area contributed by atoms with Gasteiger partial charge in [0.2, 0.25) is 0 Å². The molecule has 0 amide bonds. The Morgan fingerprint density at radius 2 is 1.67 bits per heavy atom. The van der Waals surface area contributed by atoms with Crippen molar-refractivity contribution >= 4 is 0 Å². The highest BCUT2D eigenvalue weighted by atomic mass is 15.3. The Bertz CT molecular complexity index is 283. The van der Waals surface area contributed by atoms with Crippen LogP contribution in [-0.4, -0.2) is 72.6 Å². The van der Waals surface area contributed by atoms with E-state index in [9.17, 15) is 0 Å². The summed E-state index contributed by atoms with van der Waals surface area (Å²) in [6, 6.07) is 2.47. The summed E-state index contributed by atoms with van der Waals surface area (Å²) in [5.41, 5.74) is 0. The van der Waals surface area contributed by atoms with Crippen molar-refractivity contribution in [2.24, 2.45) is 5.92 Å². The van der Waals surface area contributed by atoms with Gasteiger partial charge in [0, 0.05) is 31.2 Å². The van der Waals surface area contributed by atoms with E-state index in [-0.39, 0.29) is 0 Å². The molecule has 104 valence electrons. The number of fused-ring (bicyclic) bond motifs is 1. The molecule has 18 heavy (non-hydrogen) atoms. The number of nitrogens with zero attached hydrogens (tertiary/aromatic N) is 3. The van der Waals surface area contributed by atoms with Crippen molar-refractivity contribution in [1.82, 2.24) is 14.7 Å². The molecular weight excluding hydrogens is 222 g/mol. The highest BCUT2D eigenvalue weighted by Crippen LogP contribution is 2.33. The lowest BCUT2D eigenvalue weighted by molar-refractivity contribution is 0.0992. The first-order chi connectivity index (χ1) is 8.65. The van der Waals surface area contributed by atoms with Gasteiger partial charge in [-0.2, -0.15) is 0 Å². The molecule has 3 fully saturated rings. The van der Waals surface area contributed by atoms with Crippen molar-refractivity contribution in [3.63, 3.8) is 0 Å². The van der Waals surface area contributed by atoms with E-state index in [1.54, 1.807) is 0 Å². The Hall–Kier alpha value is -0.120. The fourth-order valence-electron chi connectivity index (χ4n) is 4.27. The topological polar surface area (TPSA) is 9.72 Å². The lowest BCUT2D eigenvalue weighted by atomic mass is 10.0. The molecule has 3 rings (SSSR count). The third-order valence-electron chi connectivity index (χ3n) is 5.60. The van der Waals surface area contributed by atoms with E-state index in [1.807, 2.05) is 0 Å². The first-order valence-corrected chi connectivity index (χ1v) is 7.83. The third-order valence-corrected chi connectivity index (χ3v) is 5.60. The summed E-state index contributed by atoms with van der Waals surface area (Å²) in [6.45, 7) is 11.3. The van der Waals surface area contributed by atoms with Crippen LogP contribution in [0, 0.1) is 5.92 Å². The van der Waals surface area contributed by atoms with Crippen LogP contribution >= 0.6 is 0 Å². The van der Waals surface area contributed by atoms with Crippen LogP contribution in [0.4, 0.5) is 0 Å². The minimum atomic E-state index is 0.732. The van der Waals surface area contributed by atoms with Crippen molar-refractivity contribution in [2.75, 3.05) is 39.8 Å². The molecule has 0 aromatic carbocycles. The monoisotopic (exact) mass is 251 g/mol. The molecular formula is C15H29N3. The molecule has 0 radical (unpaired) electrons. The fraction of sp³-hybridized carbons (Fsp3) is 1.00. The maximum absolute atomic E-state index is 2.81. The van der Waals surface area contributed by atoms with E-state index in [1.165, 1.54) is 52.0 Å². The average Bonchev–Trinajstić information content (AvgIpc) is 2.92. The molecule has 0 aromatic rings. The zero-order chi connectivity index (χ0) is 12.7. The lowest BCUT2D eigenvalue weighted by Gasteiger charge is -2.39. The first-order valence-electron chi connectivity index (χ1n) is 7.83. The number of likely N-dealkylation sites (tertiary alicyclic amines) is 3. The van der Waals surface area contributed by atoms with Gasteiger partial charge < -0.3 is 9.80 Å². The molecule has 2 atom stereocenters. The molecule has 0 spiro atoms. The summed E-state index contributed by atoms with van der Waals surface area (Å²) >= 11 is 0. The number of hydrogen-bond acceptors (Lipinski definition) is 3. The molecule has 0 N–H and O–H groups in total. The normalized spacial score (nSPS) is 36.7. The first kappa shape index (κ1) is 12.9. The maximum Gasteiger partial charge on any atom is 0.0261 e. The van der Waals surface area contributed by atoms with Gasteiger partial charge in [-0.15, -0.1) is 0 Å². The summed E-state index contributed by atoms with van der Waals surface area (Å²) in [5.74, 6) is 0.970. The summed E-state index contributed by atoms with van der Waals surface area (Å²) in [6.07, 6.45) is 4.21. The van der Waals surface area contributed by atoms with Crippen LogP contribution in [0.25, 0.3) is 0 Å². The second-order valence-electron chi connectivity index (χ2n) is 6.91. The van der Waals surface area contributed by atoms with Crippen molar-refractivity contribution in [3.8, 4) is 0 Å². The molecule has 3 aliphatic heterocycles. The largest absolute Gasteiger partial charge is 0.302 e. The van der Waals surface area contributed by atoms with Crippen LogP contribution in [0.3, 0.4) is 0 Å². The van der Waals surface area contributed by atoms with Crippen molar-refractivity contribution < 1.29 is 0 Å². The van der Waals surface area contributed by atoms with Crippen LogP contribution in [0.15, 0.2) is 0 Å². The Morgan fingerprint density at radius 1 is 0.944 bits per heavy atom. The van der Waals surface area contributed by atoms with Gasteiger partial charge >= 0.3 is 0 Å². The van der Waals surface area contributed by atoms with E-state index < -0.39 is 0 Å². The number of likely N-dealkylation sites (N-methyl/N-ethyl adjacent to an activating group) is 1. The van der Waals surface area contributed by atoms with Gasteiger partial charge in [0.25, 0.3) is 0 Å². The Balaban J connectivity index is 1.52. The average molecular weight is 251 g/mol. The summed E-state index contributed by atoms with van der Waals surface area (Å²) in [5, 5.41) is 0. The van der Waals surface area contributed by atoms with Gasteiger partial charge in [0.15, 0.2) is 0 Å². The van der Waals surface area contributed by atoms with E-state index in [0.717, 1.165) is 24.0 Å². The predicted molar refractivity (Wildman–Crippen MR) is 75.8 cm³/mol. The van der Waals surface area contributed by atoms with Gasteiger partial charge in [-0.25, -0.2) is 0 Å². The summed E-state index contributed by atoms with van der Waals surface area (Å²) in [4.78, 5) is 8.04. The Labute approximate surface area is 112 Å². The molecule has 3 heterocycles. The van der Waals surface area contributed by atoms with Crippen LogP contribution in [0.2, 0.25) is 0 Å². The molecule has 0 saturated carbocycles. The number of hydrogen-bond donors (Lipinski definition) is 0. The predicted octanol–water partition coefficient (Wildman–Crippen LogP) is 1.50. The number of piperidine rings is 1. The van der Waals surface area contributed by atoms with Crippen LogP contribution < -0.4 is 0 Å². The highest BCUT2D eigenvalue weighted by Gasteiger charge is 2.42. The van der Waals surface area contributed by atoms with Gasteiger partial charge in [-0.05, 0) is 65.7 Å². The Kier molecular flexibility index (Phi) is 3.65. The van der Waals surface area contributed by atoms with Gasteiger partial charge in [-0.3, -0.25) is 4.90 Å². The second-order valence-corrected chi connectivity index (χ2v) is 6.91. The third kappa shape index (κ3) is 2.33. The molecule has 3 aliphatic rings. The summed E-state index contributed by atoms with van der Waals surface area (Å²) < 4.78 is 0. The van der Waals surface area contributed by atoms with Crippen LogP contribution in [-0.2, 0) is 0 Å². The van der Waals surface area contributed by atoms with Gasteiger partial charge in [0.05, 0.1) is 0 Å². The quantitative estimate of drug-likeness (QED) is 0.736. The zero-order valence-corrected chi connectivity index (χ0v) is 12.3. The van der Waals surface area contributed by atoms with E-state index in [0.29, 0.717) is 0 Å². The second kappa shape index (κ2) is 5.10. The minimum Gasteiger partial charge on any atom is -0.302 e. The molecule has 0 bridgehead atoms. The molecule has 3 nitrogen and oxygen atoms in total. The minimum absolute atomic E-state index is 0.732. The van der Waals surface area contributed by atoms with Crippen LogP contribution in [0.1, 0.15) is 33.1 Å². The molecule has 3 heteroatoms. The van der Waals surface area contributed by atoms with Crippen molar-refractivity contribution in [2.45, 2.75) is 51.2 Å². The standard InChI is InChI=1S/C15H29N3/c1-12(2)17-8-5-14(6-9-17)18-10-13-4-7-16(3)15(13)11-18/h12-15H,4-11H2,1-3H3. The van der Waals surface area contributed by atoms with E-state index >= 15 is 0 Å². The molecule has 3 saturated heterocycles. The number of rotatable bonds is 2. The highest BCUT2D eigenvalue weighted by molar-refractivity contribution is 4.97. The zero-order valence-electron chi connectivity index (χ0n) is 12.3. The smallest absolute Gasteiger partial charge is 0.0261 e. The lowest BCUT2D eigenvalue weighted by Crippen LogP contribution is -2.47. The van der Waals surface area contributed by atoms with Gasteiger partial charge in [0.1, 0.15) is 0 Å². The summed E-state index contributed by atoms with van der Waals surface area (Å²) in [7, 11) is 2.32. The SMILES string of the molecule is CC(C)N1CCC(N2CC3CCN(C)C3C2)CC1. The molecule has 0 aliphatic carbocycles. The van der Waals surface area contributed by atoms with Crippen LogP contribution in [0.5, 0.6) is 0 Å². The Morgan fingerprint density at radius 3 is 2.28 bits per heavy atom. The van der Waals surface area contributed by atoms with E-state index in [4.69, 9.17) is 0 Å².